The van der Waals surface area contributed by atoms with Crippen LogP contribution in [-0.2, 0) is 0 Å². The van der Waals surface area contributed by atoms with Crippen molar-refractivity contribution in [3.63, 3.8) is 0 Å². The van der Waals surface area contributed by atoms with E-state index in [-0.39, 0.29) is 13.2 Å². The van der Waals surface area contributed by atoms with E-state index in [1.807, 2.05) is 24.3 Å². The first-order valence-corrected chi connectivity index (χ1v) is 3.45. The number of rotatable bonds is 5. The Labute approximate surface area is 61.5 Å². The lowest BCUT2D eigenvalue weighted by Gasteiger charge is -1.81. The van der Waals surface area contributed by atoms with Gasteiger partial charge in [-0.2, -0.15) is 0 Å². The summed E-state index contributed by atoms with van der Waals surface area (Å²) in [4.78, 5) is 0. The van der Waals surface area contributed by atoms with Crippen LogP contribution in [0.2, 0.25) is 0 Å². The standard InChI is InChI=1S/C8H14O2/c9-7-5-3-1-2-4-6-8-10/h1-4,9-10H,5-8H2. The monoisotopic (exact) mass is 142 g/mol. The van der Waals surface area contributed by atoms with Crippen molar-refractivity contribution in [2.24, 2.45) is 0 Å². The van der Waals surface area contributed by atoms with E-state index in [1.54, 1.807) is 0 Å². The second-order valence-corrected chi connectivity index (χ2v) is 1.88. The van der Waals surface area contributed by atoms with Crippen LogP contribution in [0, 0.1) is 0 Å². The SMILES string of the molecule is OCCC=CC=CCCO. The molecule has 0 spiro atoms. The summed E-state index contributed by atoms with van der Waals surface area (Å²) in [6.07, 6.45) is 8.90. The lowest BCUT2D eigenvalue weighted by molar-refractivity contribution is 0.302. The van der Waals surface area contributed by atoms with Gasteiger partial charge < -0.3 is 10.2 Å². The molecular weight excluding hydrogens is 128 g/mol. The van der Waals surface area contributed by atoms with Crippen molar-refractivity contribution in [3.8, 4) is 0 Å². The Kier molecular flexibility index (Phi) is 7.90. The van der Waals surface area contributed by atoms with Crippen molar-refractivity contribution < 1.29 is 10.2 Å². The second kappa shape index (κ2) is 8.40. The Morgan fingerprint density at radius 3 is 1.50 bits per heavy atom. The summed E-state index contributed by atoms with van der Waals surface area (Å²) >= 11 is 0. The predicted molar refractivity (Wildman–Crippen MR) is 41.7 cm³/mol. The molecule has 0 amide bonds. The molecule has 58 valence electrons. The molecule has 0 rings (SSSR count). The maximum absolute atomic E-state index is 8.35. The molecule has 0 radical (unpaired) electrons. The van der Waals surface area contributed by atoms with Crippen LogP contribution < -0.4 is 0 Å². The van der Waals surface area contributed by atoms with Gasteiger partial charge in [0.05, 0.1) is 0 Å². The highest BCUT2D eigenvalue weighted by Gasteiger charge is 1.71. The first-order chi connectivity index (χ1) is 4.91. The zero-order valence-corrected chi connectivity index (χ0v) is 6.03. The summed E-state index contributed by atoms with van der Waals surface area (Å²) in [5, 5.41) is 16.7. The van der Waals surface area contributed by atoms with Crippen LogP contribution in [-0.4, -0.2) is 23.4 Å². The number of aliphatic hydroxyl groups is 2. The van der Waals surface area contributed by atoms with Gasteiger partial charge in [-0.25, -0.2) is 0 Å². The van der Waals surface area contributed by atoms with Gasteiger partial charge in [0.25, 0.3) is 0 Å². The number of hydrogen-bond acceptors (Lipinski definition) is 2. The number of allylic oxidation sites excluding steroid dienone is 2. The topological polar surface area (TPSA) is 40.5 Å². The van der Waals surface area contributed by atoms with E-state index < -0.39 is 0 Å². The van der Waals surface area contributed by atoms with E-state index in [4.69, 9.17) is 10.2 Å². The van der Waals surface area contributed by atoms with E-state index >= 15 is 0 Å². The molecule has 0 aliphatic carbocycles. The summed E-state index contributed by atoms with van der Waals surface area (Å²) in [5.41, 5.74) is 0. The smallest absolute Gasteiger partial charge is 0.0465 e. The third-order valence-corrected chi connectivity index (χ3v) is 0.975. The molecule has 0 heterocycles. The second-order valence-electron chi connectivity index (χ2n) is 1.88. The highest BCUT2D eigenvalue weighted by Crippen LogP contribution is 1.84. The molecule has 0 fully saturated rings. The Morgan fingerprint density at radius 1 is 0.800 bits per heavy atom. The Bertz CT molecular complexity index is 91.8. The molecule has 2 heteroatoms. The quantitative estimate of drug-likeness (QED) is 0.559. The number of aliphatic hydroxyl groups excluding tert-OH is 2. The van der Waals surface area contributed by atoms with E-state index in [2.05, 4.69) is 0 Å². The van der Waals surface area contributed by atoms with Crippen molar-refractivity contribution in [3.05, 3.63) is 24.3 Å². The van der Waals surface area contributed by atoms with Crippen LogP contribution in [0.3, 0.4) is 0 Å². The largest absolute Gasteiger partial charge is 0.396 e. The molecule has 0 saturated carbocycles. The van der Waals surface area contributed by atoms with Gasteiger partial charge in [-0.15, -0.1) is 0 Å². The molecule has 0 saturated heterocycles. The molecule has 0 aromatic rings. The third kappa shape index (κ3) is 7.40. The third-order valence-electron chi connectivity index (χ3n) is 0.975. The zero-order valence-electron chi connectivity index (χ0n) is 6.03. The van der Waals surface area contributed by atoms with E-state index in [0.717, 1.165) is 0 Å². The van der Waals surface area contributed by atoms with Crippen LogP contribution in [0.25, 0.3) is 0 Å². The summed E-state index contributed by atoms with van der Waals surface area (Å²) in [7, 11) is 0. The molecule has 0 atom stereocenters. The van der Waals surface area contributed by atoms with Gasteiger partial charge in [-0.05, 0) is 12.8 Å². The van der Waals surface area contributed by atoms with Gasteiger partial charge in [-0.3, -0.25) is 0 Å². The van der Waals surface area contributed by atoms with Crippen molar-refractivity contribution in [1.82, 2.24) is 0 Å². The molecule has 2 nitrogen and oxygen atoms in total. The van der Waals surface area contributed by atoms with Crippen molar-refractivity contribution in [2.45, 2.75) is 12.8 Å². The maximum atomic E-state index is 8.35. The number of hydrogen-bond donors (Lipinski definition) is 2. The summed E-state index contributed by atoms with van der Waals surface area (Å²) in [5.74, 6) is 0. The lowest BCUT2D eigenvalue weighted by atomic mass is 10.3. The highest BCUT2D eigenvalue weighted by atomic mass is 16.3. The van der Waals surface area contributed by atoms with Crippen molar-refractivity contribution in [2.75, 3.05) is 13.2 Å². The minimum absolute atomic E-state index is 0.199. The predicted octanol–water partition coefficient (Wildman–Crippen LogP) is 0.864. The minimum Gasteiger partial charge on any atom is -0.396 e. The fourth-order valence-corrected chi connectivity index (χ4v) is 0.499. The van der Waals surface area contributed by atoms with Gasteiger partial charge in [0.2, 0.25) is 0 Å². The molecule has 0 unspecified atom stereocenters. The summed E-state index contributed by atoms with van der Waals surface area (Å²) in [6.45, 7) is 0.397. The Morgan fingerprint density at radius 2 is 1.20 bits per heavy atom. The van der Waals surface area contributed by atoms with Crippen LogP contribution in [0.15, 0.2) is 24.3 Å². The Hall–Kier alpha value is -0.600. The van der Waals surface area contributed by atoms with Gasteiger partial charge in [-0.1, -0.05) is 24.3 Å². The zero-order chi connectivity index (χ0) is 7.66. The molecule has 0 aliphatic heterocycles. The summed E-state index contributed by atoms with van der Waals surface area (Å²) in [6, 6.07) is 0. The average Bonchev–Trinajstić information content (AvgIpc) is 1.97. The van der Waals surface area contributed by atoms with E-state index in [1.165, 1.54) is 0 Å². The summed E-state index contributed by atoms with van der Waals surface area (Å²) < 4.78 is 0. The van der Waals surface area contributed by atoms with Crippen LogP contribution in [0.4, 0.5) is 0 Å². The molecule has 0 aliphatic rings. The van der Waals surface area contributed by atoms with Crippen molar-refractivity contribution in [1.29, 1.82) is 0 Å². The molecule has 0 bridgehead atoms. The van der Waals surface area contributed by atoms with Crippen molar-refractivity contribution >= 4 is 0 Å². The maximum Gasteiger partial charge on any atom is 0.0465 e. The van der Waals surface area contributed by atoms with E-state index in [0.29, 0.717) is 12.8 Å². The van der Waals surface area contributed by atoms with Gasteiger partial charge in [0.15, 0.2) is 0 Å². The van der Waals surface area contributed by atoms with E-state index in [9.17, 15) is 0 Å². The van der Waals surface area contributed by atoms with Crippen LogP contribution in [0.1, 0.15) is 12.8 Å². The normalized spacial score (nSPS) is 11.8. The first kappa shape index (κ1) is 9.40. The Balaban J connectivity index is 3.15. The first-order valence-electron chi connectivity index (χ1n) is 3.45. The average molecular weight is 142 g/mol. The van der Waals surface area contributed by atoms with Gasteiger partial charge in [0.1, 0.15) is 0 Å². The molecule has 0 aromatic heterocycles. The fraction of sp³-hybridized carbons (Fsp3) is 0.500. The molecule has 0 aromatic carbocycles. The van der Waals surface area contributed by atoms with Crippen LogP contribution >= 0.6 is 0 Å². The molecular formula is C8H14O2. The van der Waals surface area contributed by atoms with Crippen LogP contribution in [0.5, 0.6) is 0 Å². The highest BCUT2D eigenvalue weighted by molar-refractivity contribution is 5.02. The molecule has 2 N–H and O–H groups in total. The minimum atomic E-state index is 0.199. The lowest BCUT2D eigenvalue weighted by Crippen LogP contribution is -1.75. The van der Waals surface area contributed by atoms with Gasteiger partial charge >= 0.3 is 0 Å². The fourth-order valence-electron chi connectivity index (χ4n) is 0.499. The van der Waals surface area contributed by atoms with Gasteiger partial charge in [0, 0.05) is 13.2 Å². The molecule has 10 heavy (non-hydrogen) atoms.